The molecule has 0 radical (unpaired) electrons. The molecule has 0 unspecified atom stereocenters. The maximum Gasteiger partial charge on any atom is 0.239 e. The number of benzene rings is 2. The summed E-state index contributed by atoms with van der Waals surface area (Å²) in [5.74, 6) is 0.873. The van der Waals surface area contributed by atoms with E-state index in [-0.39, 0.29) is 11.9 Å². The molecule has 2 aromatic carbocycles. The molecule has 1 fully saturated rings. The quantitative estimate of drug-likeness (QED) is 0.769. The van der Waals surface area contributed by atoms with E-state index in [1.165, 1.54) is 5.56 Å². The van der Waals surface area contributed by atoms with Gasteiger partial charge in [0.1, 0.15) is 5.82 Å². The molecule has 1 saturated heterocycles. The molecule has 3 aromatic rings. The maximum atomic E-state index is 12.2. The van der Waals surface area contributed by atoms with Gasteiger partial charge in [-0.1, -0.05) is 41.9 Å². The molecule has 0 aliphatic carbocycles. The number of carbonyl (C=O) groups excluding carboxylic acids is 1. The minimum atomic E-state index is 0.0350. The third-order valence-corrected chi connectivity index (χ3v) is 4.99. The van der Waals surface area contributed by atoms with E-state index < -0.39 is 0 Å². The van der Waals surface area contributed by atoms with Crippen molar-refractivity contribution in [3.05, 3.63) is 70.7 Å². The fourth-order valence-electron chi connectivity index (χ4n) is 3.52. The van der Waals surface area contributed by atoms with Crippen LogP contribution in [0, 0.1) is 6.92 Å². The topological polar surface area (TPSA) is 45.2 Å². The van der Waals surface area contributed by atoms with Crippen molar-refractivity contribution < 1.29 is 4.79 Å². The van der Waals surface area contributed by atoms with E-state index >= 15 is 0 Å². The van der Waals surface area contributed by atoms with Gasteiger partial charge in [0, 0.05) is 17.0 Å². The molecule has 1 aliphatic heterocycles. The van der Waals surface area contributed by atoms with Gasteiger partial charge in [-0.15, -0.1) is 0 Å². The van der Waals surface area contributed by atoms with Crippen molar-refractivity contribution in [2.45, 2.75) is 19.4 Å². The Morgan fingerprint density at radius 2 is 2.00 bits per heavy atom. The van der Waals surface area contributed by atoms with Gasteiger partial charge in [0.25, 0.3) is 0 Å². The van der Waals surface area contributed by atoms with E-state index in [4.69, 9.17) is 16.6 Å². The predicted molar refractivity (Wildman–Crippen MR) is 106 cm³/mol. The van der Waals surface area contributed by atoms with Crippen LogP contribution < -0.4 is 10.2 Å². The summed E-state index contributed by atoms with van der Waals surface area (Å²) in [6.45, 7) is 3.12. The number of nitrogens with one attached hydrogen (secondary N) is 1. The zero-order valence-corrected chi connectivity index (χ0v) is 15.3. The Morgan fingerprint density at radius 3 is 2.81 bits per heavy atom. The number of aromatic nitrogens is 1. The van der Waals surface area contributed by atoms with Crippen LogP contribution in [0.25, 0.3) is 10.9 Å². The first kappa shape index (κ1) is 16.9. The van der Waals surface area contributed by atoms with Crippen LogP contribution in [-0.4, -0.2) is 30.0 Å². The van der Waals surface area contributed by atoms with Crippen LogP contribution in [0.1, 0.15) is 11.1 Å². The number of amides is 1. The summed E-state index contributed by atoms with van der Waals surface area (Å²) in [6, 6.07) is 18.1. The molecule has 0 saturated carbocycles. The minimum Gasteiger partial charge on any atom is -0.350 e. The van der Waals surface area contributed by atoms with E-state index in [0.717, 1.165) is 35.2 Å². The first-order chi connectivity index (χ1) is 12.6. The van der Waals surface area contributed by atoms with Crippen molar-refractivity contribution in [3.63, 3.8) is 0 Å². The number of rotatable bonds is 3. The predicted octanol–water partition coefficient (Wildman–Crippen LogP) is 3.74. The lowest BCUT2D eigenvalue weighted by Crippen LogP contribution is -2.55. The van der Waals surface area contributed by atoms with Gasteiger partial charge in [0.15, 0.2) is 0 Å². The van der Waals surface area contributed by atoms with E-state index in [1.54, 1.807) is 0 Å². The molecule has 5 heteroatoms. The first-order valence-electron chi connectivity index (χ1n) is 8.73. The van der Waals surface area contributed by atoms with E-state index in [1.807, 2.05) is 42.5 Å². The first-order valence-corrected chi connectivity index (χ1v) is 9.11. The van der Waals surface area contributed by atoms with Crippen LogP contribution >= 0.6 is 11.6 Å². The molecular formula is C21H20ClN3O. The summed E-state index contributed by atoms with van der Waals surface area (Å²) >= 11 is 6.10. The number of fused-ring (bicyclic) bond motifs is 1. The van der Waals surface area contributed by atoms with E-state index in [0.29, 0.717) is 11.6 Å². The second-order valence-electron chi connectivity index (χ2n) is 6.79. The fourth-order valence-corrected chi connectivity index (χ4v) is 3.69. The molecule has 132 valence electrons. The maximum absolute atomic E-state index is 12.2. The highest BCUT2D eigenvalue weighted by atomic mass is 35.5. The Morgan fingerprint density at radius 1 is 1.19 bits per heavy atom. The molecule has 4 rings (SSSR count). The van der Waals surface area contributed by atoms with Crippen LogP contribution in [0.15, 0.2) is 54.6 Å². The highest BCUT2D eigenvalue weighted by Gasteiger charge is 2.26. The summed E-state index contributed by atoms with van der Waals surface area (Å²) in [7, 11) is 0. The Bertz CT molecular complexity index is 958. The number of hydrogen-bond acceptors (Lipinski definition) is 3. The average Bonchev–Trinajstić information content (AvgIpc) is 2.62. The average molecular weight is 366 g/mol. The second-order valence-corrected chi connectivity index (χ2v) is 7.23. The largest absolute Gasteiger partial charge is 0.350 e. The highest BCUT2D eigenvalue weighted by molar-refractivity contribution is 6.31. The van der Waals surface area contributed by atoms with Crippen molar-refractivity contribution in [2.75, 3.05) is 18.0 Å². The van der Waals surface area contributed by atoms with Crippen LogP contribution in [0.2, 0.25) is 5.02 Å². The highest BCUT2D eigenvalue weighted by Crippen LogP contribution is 2.26. The van der Waals surface area contributed by atoms with Gasteiger partial charge >= 0.3 is 0 Å². The molecule has 26 heavy (non-hydrogen) atoms. The zero-order valence-electron chi connectivity index (χ0n) is 14.6. The third kappa shape index (κ3) is 3.51. The Hall–Kier alpha value is -2.59. The SMILES string of the molecule is Cc1cc(N2CC(=O)N[C@@H](Cc3ccccc3)C2)nc2ccc(Cl)cc12. The standard InChI is InChI=1S/C21H20ClN3O/c1-14-9-20(24-19-8-7-16(22)11-18(14)19)25-12-17(23-21(26)13-25)10-15-5-3-2-4-6-15/h2-9,11,17H,10,12-13H2,1H3,(H,23,26)/t17-/m0/s1. The summed E-state index contributed by atoms with van der Waals surface area (Å²) in [4.78, 5) is 19.1. The van der Waals surface area contributed by atoms with Crippen molar-refractivity contribution in [2.24, 2.45) is 0 Å². The molecule has 1 atom stereocenters. The molecule has 0 bridgehead atoms. The van der Waals surface area contributed by atoms with Crippen molar-refractivity contribution in [1.82, 2.24) is 10.3 Å². The Labute approximate surface area is 157 Å². The fraction of sp³-hybridized carbons (Fsp3) is 0.238. The smallest absolute Gasteiger partial charge is 0.239 e. The lowest BCUT2D eigenvalue weighted by atomic mass is 10.0. The van der Waals surface area contributed by atoms with Gasteiger partial charge < -0.3 is 10.2 Å². The molecule has 0 spiro atoms. The van der Waals surface area contributed by atoms with Crippen LogP contribution in [0.3, 0.4) is 0 Å². The monoisotopic (exact) mass is 365 g/mol. The summed E-state index contributed by atoms with van der Waals surface area (Å²) in [5, 5.41) is 4.85. The number of pyridine rings is 1. The summed E-state index contributed by atoms with van der Waals surface area (Å²) in [6.07, 6.45) is 0.811. The molecule has 1 amide bonds. The number of piperazine rings is 1. The van der Waals surface area contributed by atoms with Gasteiger partial charge in [-0.05, 0) is 48.7 Å². The molecular weight excluding hydrogens is 346 g/mol. The van der Waals surface area contributed by atoms with Gasteiger partial charge in [0.2, 0.25) is 5.91 Å². The minimum absolute atomic E-state index is 0.0350. The number of aryl methyl sites for hydroxylation is 1. The van der Waals surface area contributed by atoms with Crippen molar-refractivity contribution >= 4 is 34.2 Å². The second kappa shape index (κ2) is 6.96. The summed E-state index contributed by atoms with van der Waals surface area (Å²) in [5.41, 5.74) is 3.23. The number of halogens is 1. The van der Waals surface area contributed by atoms with Crippen LogP contribution in [0.5, 0.6) is 0 Å². The van der Waals surface area contributed by atoms with E-state index in [9.17, 15) is 4.79 Å². The Kier molecular flexibility index (Phi) is 4.51. The van der Waals surface area contributed by atoms with Crippen molar-refractivity contribution in [1.29, 1.82) is 0 Å². The third-order valence-electron chi connectivity index (χ3n) is 4.75. The Balaban J connectivity index is 1.61. The van der Waals surface area contributed by atoms with Gasteiger partial charge in [-0.3, -0.25) is 4.79 Å². The lowest BCUT2D eigenvalue weighted by molar-refractivity contribution is -0.121. The summed E-state index contributed by atoms with van der Waals surface area (Å²) < 4.78 is 0. The molecule has 1 aliphatic rings. The van der Waals surface area contributed by atoms with Gasteiger partial charge in [-0.2, -0.15) is 0 Å². The molecule has 2 heterocycles. The van der Waals surface area contributed by atoms with Crippen molar-refractivity contribution in [3.8, 4) is 0 Å². The molecule has 4 nitrogen and oxygen atoms in total. The van der Waals surface area contributed by atoms with Crippen LogP contribution in [-0.2, 0) is 11.2 Å². The number of carbonyl (C=O) groups is 1. The normalized spacial score (nSPS) is 17.4. The lowest BCUT2D eigenvalue weighted by Gasteiger charge is -2.34. The number of nitrogens with zero attached hydrogens (tertiary/aromatic N) is 2. The number of anilines is 1. The van der Waals surface area contributed by atoms with Gasteiger partial charge in [0.05, 0.1) is 18.1 Å². The van der Waals surface area contributed by atoms with Crippen LogP contribution in [0.4, 0.5) is 5.82 Å². The number of hydrogen-bond donors (Lipinski definition) is 1. The molecule has 1 aromatic heterocycles. The zero-order chi connectivity index (χ0) is 18.1. The van der Waals surface area contributed by atoms with E-state index in [2.05, 4.69) is 29.3 Å². The molecule has 1 N–H and O–H groups in total. The van der Waals surface area contributed by atoms with Gasteiger partial charge in [-0.25, -0.2) is 4.98 Å².